The molecule has 0 amide bonds. The fourth-order valence-electron chi connectivity index (χ4n) is 4.34. The molecule has 0 spiro atoms. The van der Waals surface area contributed by atoms with Crippen LogP contribution < -0.4 is 4.74 Å². The minimum absolute atomic E-state index is 0.124. The Bertz CT molecular complexity index is 1980. The molecule has 0 radical (unpaired) electrons. The van der Waals surface area contributed by atoms with E-state index in [9.17, 15) is 57.1 Å². The largest absolute Gasteiger partial charge is 0.432 e. The van der Waals surface area contributed by atoms with Crippen LogP contribution in [-0.4, -0.2) is 0 Å². The van der Waals surface area contributed by atoms with Gasteiger partial charge in [-0.25, -0.2) is 35.1 Å². The molecule has 0 aromatic heterocycles. The number of benzene rings is 4. The van der Waals surface area contributed by atoms with Crippen LogP contribution in [-0.2, 0) is 18.7 Å². The lowest BCUT2D eigenvalue weighted by atomic mass is 10.0. The molecule has 4 aromatic carbocycles. The Hall–Kier alpha value is -5.37. The fraction of sp³-hybridized carbons (Fsp3) is 0.143. The zero-order chi connectivity index (χ0) is 36.3. The summed E-state index contributed by atoms with van der Waals surface area (Å²) in [4.78, 5) is 0. The first-order valence-corrected chi connectivity index (χ1v) is 13.7. The van der Waals surface area contributed by atoms with Gasteiger partial charge in [0.1, 0.15) is 63.4 Å². The Labute approximate surface area is 269 Å². The average molecular weight is 700 g/mol. The topological polar surface area (TPSA) is 9.23 Å². The number of rotatable bonds is 6. The molecule has 0 aliphatic carbocycles. The van der Waals surface area contributed by atoms with Gasteiger partial charge in [0.15, 0.2) is 0 Å². The van der Waals surface area contributed by atoms with Gasteiger partial charge >= 0.3 is 12.3 Å². The summed E-state index contributed by atoms with van der Waals surface area (Å²) in [5.41, 5.74) is -7.24. The summed E-state index contributed by atoms with van der Waals surface area (Å²) in [6, 6.07) is 3.18. The molecular formula is C35H17F13O. The van der Waals surface area contributed by atoms with Crippen molar-refractivity contribution < 1.29 is 61.8 Å². The maximum Gasteiger partial charge on any atom is 0.432 e. The van der Waals surface area contributed by atoms with Crippen LogP contribution in [0.4, 0.5) is 57.1 Å². The third-order valence-corrected chi connectivity index (χ3v) is 6.52. The minimum atomic E-state index is -5.39. The maximum atomic E-state index is 14.9. The summed E-state index contributed by atoms with van der Waals surface area (Å²) in [7, 11) is 0. The average Bonchev–Trinajstić information content (AvgIpc) is 2.94. The van der Waals surface area contributed by atoms with Gasteiger partial charge in [-0.05, 0) is 61.7 Å². The maximum absolute atomic E-state index is 14.9. The van der Waals surface area contributed by atoms with E-state index in [1.54, 1.807) is 25.0 Å². The minimum Gasteiger partial charge on any atom is -0.429 e. The third-order valence-electron chi connectivity index (χ3n) is 6.52. The highest BCUT2D eigenvalue weighted by Crippen LogP contribution is 2.37. The number of alkyl halides is 5. The van der Waals surface area contributed by atoms with E-state index in [1.807, 2.05) is 5.92 Å². The fourth-order valence-corrected chi connectivity index (χ4v) is 4.34. The van der Waals surface area contributed by atoms with Gasteiger partial charge in [-0.1, -0.05) is 35.8 Å². The first-order valence-electron chi connectivity index (χ1n) is 13.7. The standard InChI is InChI=1S/C35H17F13O/c1-2-3-4-5-18-10-24(36)22(25(37)11-18)8-6-20-14-30(42)33(31(43)15-20)35(47,48)49-21-16-26(38)23(27(39)17-21)9-7-19-12-28(40)32(29(41)13-19)34(44,45)46/h2-3,10-17H,4-5H2,1H3/b3-2+. The Morgan fingerprint density at radius 2 is 0.959 bits per heavy atom. The molecule has 0 aliphatic rings. The molecule has 0 bridgehead atoms. The van der Waals surface area contributed by atoms with E-state index < -0.39 is 98.0 Å². The highest BCUT2D eigenvalue weighted by atomic mass is 19.4. The highest BCUT2D eigenvalue weighted by Gasteiger charge is 2.41. The van der Waals surface area contributed by atoms with Gasteiger partial charge in [-0.15, -0.1) is 0 Å². The number of ether oxygens (including phenoxy) is 1. The van der Waals surface area contributed by atoms with Gasteiger partial charge in [-0.3, -0.25) is 0 Å². The number of aryl methyl sites for hydroxylation is 1. The van der Waals surface area contributed by atoms with Crippen molar-refractivity contribution in [1.82, 2.24) is 0 Å². The molecule has 4 rings (SSSR count). The molecule has 254 valence electrons. The third kappa shape index (κ3) is 8.57. The summed E-state index contributed by atoms with van der Waals surface area (Å²) >= 11 is 0. The molecular weight excluding hydrogens is 683 g/mol. The molecule has 0 N–H and O–H groups in total. The van der Waals surface area contributed by atoms with E-state index in [2.05, 4.69) is 16.6 Å². The number of allylic oxidation sites excluding steroid dienone is 2. The summed E-state index contributed by atoms with van der Waals surface area (Å²) in [5.74, 6) is -7.16. The smallest absolute Gasteiger partial charge is 0.429 e. The monoisotopic (exact) mass is 700 g/mol. The molecule has 0 unspecified atom stereocenters. The molecule has 0 heterocycles. The van der Waals surface area contributed by atoms with Gasteiger partial charge in [-0.2, -0.15) is 22.0 Å². The second-order valence-corrected chi connectivity index (χ2v) is 10.1. The van der Waals surface area contributed by atoms with Crippen LogP contribution in [0.5, 0.6) is 5.75 Å². The first-order chi connectivity index (χ1) is 22.9. The van der Waals surface area contributed by atoms with Crippen molar-refractivity contribution in [2.45, 2.75) is 32.1 Å². The van der Waals surface area contributed by atoms with Crippen LogP contribution in [0.2, 0.25) is 0 Å². The van der Waals surface area contributed by atoms with E-state index in [0.29, 0.717) is 30.5 Å². The summed E-state index contributed by atoms with van der Waals surface area (Å²) < 4.78 is 187. The molecule has 0 fully saturated rings. The van der Waals surface area contributed by atoms with E-state index in [4.69, 9.17) is 0 Å². The van der Waals surface area contributed by atoms with E-state index in [-0.39, 0.29) is 24.3 Å². The summed E-state index contributed by atoms with van der Waals surface area (Å²) in [6.07, 6.45) is -5.96. The molecule has 49 heavy (non-hydrogen) atoms. The Balaban J connectivity index is 1.57. The van der Waals surface area contributed by atoms with Crippen LogP contribution >= 0.6 is 0 Å². The molecule has 0 saturated heterocycles. The van der Waals surface area contributed by atoms with Gasteiger partial charge in [0.25, 0.3) is 0 Å². The predicted molar refractivity (Wildman–Crippen MR) is 150 cm³/mol. The van der Waals surface area contributed by atoms with Crippen molar-refractivity contribution in [2.75, 3.05) is 0 Å². The lowest BCUT2D eigenvalue weighted by Crippen LogP contribution is -2.25. The number of hydrogen-bond acceptors (Lipinski definition) is 1. The van der Waals surface area contributed by atoms with Crippen LogP contribution in [0, 0.1) is 70.2 Å². The zero-order valence-corrected chi connectivity index (χ0v) is 24.5. The number of hydrogen-bond donors (Lipinski definition) is 0. The summed E-state index contributed by atoms with van der Waals surface area (Å²) in [6.45, 7) is 1.77. The second kappa shape index (κ2) is 14.4. The van der Waals surface area contributed by atoms with Crippen molar-refractivity contribution in [3.05, 3.63) is 146 Å². The van der Waals surface area contributed by atoms with E-state index >= 15 is 0 Å². The predicted octanol–water partition coefficient (Wildman–Crippen LogP) is 10.3. The van der Waals surface area contributed by atoms with E-state index in [0.717, 1.165) is 12.1 Å². The van der Waals surface area contributed by atoms with E-state index in [1.165, 1.54) is 0 Å². The lowest BCUT2D eigenvalue weighted by molar-refractivity contribution is -0.189. The zero-order valence-electron chi connectivity index (χ0n) is 24.5. The molecule has 0 saturated carbocycles. The quantitative estimate of drug-likeness (QED) is 0.111. The Morgan fingerprint density at radius 3 is 1.37 bits per heavy atom. The van der Waals surface area contributed by atoms with Crippen LogP contribution in [0.1, 0.15) is 52.3 Å². The Kier molecular flexibility index (Phi) is 10.7. The highest BCUT2D eigenvalue weighted by molar-refractivity contribution is 5.49. The summed E-state index contributed by atoms with van der Waals surface area (Å²) in [5, 5.41) is 0. The SMILES string of the molecule is C/C=C/CCc1cc(F)c(C#Cc2cc(F)c(C(F)(F)Oc3cc(F)c(C#Cc4cc(F)c(C(F)(F)F)c(F)c4)c(F)c3)c(F)c2)c(F)c1. The first kappa shape index (κ1) is 36.5. The van der Waals surface area contributed by atoms with Gasteiger partial charge in [0.05, 0.1) is 11.1 Å². The van der Waals surface area contributed by atoms with Gasteiger partial charge < -0.3 is 4.74 Å². The second-order valence-electron chi connectivity index (χ2n) is 10.1. The van der Waals surface area contributed by atoms with Crippen molar-refractivity contribution in [3.63, 3.8) is 0 Å². The number of halogens is 13. The van der Waals surface area contributed by atoms with Crippen molar-refractivity contribution in [2.24, 2.45) is 0 Å². The lowest BCUT2D eigenvalue weighted by Gasteiger charge is -2.20. The van der Waals surface area contributed by atoms with Crippen LogP contribution in [0.25, 0.3) is 0 Å². The molecule has 14 heteroatoms. The van der Waals surface area contributed by atoms with Crippen LogP contribution in [0.3, 0.4) is 0 Å². The van der Waals surface area contributed by atoms with Crippen molar-refractivity contribution in [1.29, 1.82) is 0 Å². The Morgan fingerprint density at radius 1 is 0.551 bits per heavy atom. The molecule has 0 atom stereocenters. The van der Waals surface area contributed by atoms with Gasteiger partial charge in [0.2, 0.25) is 0 Å². The van der Waals surface area contributed by atoms with Gasteiger partial charge in [0, 0.05) is 23.3 Å². The normalized spacial score (nSPS) is 11.6. The van der Waals surface area contributed by atoms with Crippen molar-refractivity contribution >= 4 is 0 Å². The van der Waals surface area contributed by atoms with Crippen molar-refractivity contribution in [3.8, 4) is 29.4 Å². The molecule has 1 nitrogen and oxygen atoms in total. The molecule has 0 aliphatic heterocycles. The van der Waals surface area contributed by atoms with Crippen LogP contribution in [0.15, 0.2) is 60.7 Å². The molecule has 4 aromatic rings.